The van der Waals surface area contributed by atoms with Gasteiger partial charge in [-0.15, -0.1) is 0 Å². The number of aliphatic hydroxyl groups is 3. The van der Waals surface area contributed by atoms with Crippen LogP contribution in [-0.2, 0) is 44.4 Å². The number of amides is 1. The number of alkyl halides is 2. The van der Waals surface area contributed by atoms with Crippen LogP contribution >= 0.6 is 11.8 Å². The second-order valence-corrected chi connectivity index (χ2v) is 44.0. The fourth-order valence-corrected chi connectivity index (χ4v) is 8.58. The van der Waals surface area contributed by atoms with Gasteiger partial charge in [-0.3, -0.25) is 9.00 Å². The van der Waals surface area contributed by atoms with Crippen molar-refractivity contribution in [2.75, 3.05) is 96.5 Å². The number of thioether (sulfide) groups is 1. The van der Waals surface area contributed by atoms with E-state index in [0.717, 1.165) is 70.0 Å². The van der Waals surface area contributed by atoms with Crippen LogP contribution in [0.5, 0.6) is 0 Å². The van der Waals surface area contributed by atoms with Gasteiger partial charge in [-0.25, -0.2) is 8.42 Å². The first-order valence-electron chi connectivity index (χ1n) is 36.6. The van der Waals surface area contributed by atoms with Crippen LogP contribution in [-0.4, -0.2) is 143 Å². The van der Waals surface area contributed by atoms with E-state index >= 15 is 0 Å². The Labute approximate surface area is 625 Å². The molecule has 0 aliphatic heterocycles. The number of methoxy groups -OCH3 is 2. The van der Waals surface area contributed by atoms with E-state index in [0.29, 0.717) is 63.4 Å². The molecule has 0 fully saturated rings. The Morgan fingerprint density at radius 2 is 0.939 bits per heavy atom. The Bertz CT molecular complexity index is 1910. The van der Waals surface area contributed by atoms with Gasteiger partial charge in [0.1, 0.15) is 9.84 Å². The normalized spacial score (nSPS) is 13.5. The van der Waals surface area contributed by atoms with Crippen LogP contribution in [0.1, 0.15) is 327 Å². The van der Waals surface area contributed by atoms with Gasteiger partial charge in [0, 0.05) is 95.1 Å². The Morgan fingerprint density at radius 3 is 1.07 bits per heavy atom. The smallest absolute Gasteiger partial charge is 0.345 e. The maximum atomic E-state index is 11.4. The van der Waals surface area contributed by atoms with E-state index in [4.69, 9.17) is 40.5 Å². The molecule has 0 aromatic carbocycles. The lowest BCUT2D eigenvalue weighted by atomic mass is 9.81. The lowest BCUT2D eigenvalue weighted by Gasteiger charge is -2.26. The predicted octanol–water partition coefficient (Wildman–Crippen LogP) is 22.3. The molecule has 4 unspecified atom stereocenters. The number of carbonyl (C=O) groups is 1. The van der Waals surface area contributed by atoms with Gasteiger partial charge in [-0.2, -0.15) is 25.8 Å². The van der Waals surface area contributed by atoms with Crippen LogP contribution in [0.3, 0.4) is 0 Å². The molecule has 0 heterocycles. The average Bonchev–Trinajstić information content (AvgIpc) is 1.07. The molecular formula is C81H178F2N2O11S3. The molecule has 13 nitrogen and oxygen atoms in total. The fourth-order valence-electron chi connectivity index (χ4n) is 5.88. The standard InChI is InChI=1S/C8H18O2.2C8H18O.C8H18.C7H14F2O.C7H15NO.C7H13N.C7H16O2S.C7H16O2.C7H16OS.C7H16S/c1-8(2,3)5-7(6-9)10-4;1-7(6-9-5)8(2,3)4;1-5-9-7-6-8(2,3)4;1-6-7(2)8(3,4)5;1-7(2,3)4-5-10-6(8)9;1-7(2,3)5-4-6(8)9;1-7(2,3)5-4-6-8;1-7(2,3)5-6-10(4,8)9;1-7(2,3)6(4-8)5-9;1-7(2,3)5-6-9(4)8;1-7(2,3)5-6-8-4/h7,9H,5-6H2,1-4H3;7H,6H2,1-5H3;5-7H2,1-4H3;7H,6H2,1-5H3;6H,4-5H2,1-3H3;4-5H2,1-3H3,(H2,8,9);4-5H2,1-3H3;5-6H2,1-4H3;6,8-9H,4-5H2,1-3H3;5-6H2,1-4H3;5-6H2,1-4H3. The molecule has 0 aromatic heterocycles. The number of nitrogens with zero attached hydrogens (tertiary/aromatic N) is 1. The van der Waals surface area contributed by atoms with E-state index in [2.05, 4.69) is 204 Å². The van der Waals surface area contributed by atoms with Crippen molar-refractivity contribution in [1.29, 1.82) is 5.26 Å². The molecule has 0 bridgehead atoms. The molecule has 18 heteroatoms. The van der Waals surface area contributed by atoms with Gasteiger partial charge in [0.15, 0.2) is 0 Å². The lowest BCUT2D eigenvalue weighted by Crippen LogP contribution is -2.26. The quantitative estimate of drug-likeness (QED) is 0.0701. The summed E-state index contributed by atoms with van der Waals surface area (Å²) in [5.41, 5.74) is 8.17. The van der Waals surface area contributed by atoms with Gasteiger partial charge in [-0.1, -0.05) is 256 Å². The lowest BCUT2D eigenvalue weighted by molar-refractivity contribution is -0.133. The first-order valence-corrected chi connectivity index (χ1v) is 41.7. The maximum absolute atomic E-state index is 11.4. The molecule has 4 atom stereocenters. The van der Waals surface area contributed by atoms with Crippen molar-refractivity contribution in [2.45, 2.75) is 340 Å². The van der Waals surface area contributed by atoms with Crippen LogP contribution in [0, 0.1) is 88.6 Å². The number of sulfone groups is 1. The summed E-state index contributed by atoms with van der Waals surface area (Å²) in [6, 6.07) is 2.12. The van der Waals surface area contributed by atoms with Crippen LogP contribution in [0.4, 0.5) is 8.78 Å². The van der Waals surface area contributed by atoms with Gasteiger partial charge < -0.3 is 40.0 Å². The Morgan fingerprint density at radius 1 is 0.566 bits per heavy atom. The minimum atomic E-state index is -2.76. The summed E-state index contributed by atoms with van der Waals surface area (Å²) in [6.45, 7) is 80.0. The zero-order valence-electron chi connectivity index (χ0n) is 73.8. The topological polar surface area (TPSA) is 216 Å². The van der Waals surface area contributed by atoms with Crippen molar-refractivity contribution < 1.29 is 60.5 Å². The first-order chi connectivity index (χ1) is 43.6. The van der Waals surface area contributed by atoms with Gasteiger partial charge in [0.25, 0.3) is 0 Å². The molecule has 0 spiro atoms. The largest absolute Gasteiger partial charge is 0.396 e. The molecule has 0 radical (unpaired) electrons. The molecule has 0 rings (SSSR count). The summed E-state index contributed by atoms with van der Waals surface area (Å²) in [7, 11) is 0.0144. The minimum Gasteiger partial charge on any atom is -0.396 e. The zero-order chi connectivity index (χ0) is 82.1. The highest BCUT2D eigenvalue weighted by molar-refractivity contribution is 7.98. The van der Waals surface area contributed by atoms with Gasteiger partial charge >= 0.3 is 6.61 Å². The molecule has 0 saturated heterocycles. The summed E-state index contributed by atoms with van der Waals surface area (Å²) < 4.78 is 74.1. The molecule has 5 N–H and O–H groups in total. The number of carbonyl (C=O) groups excluding carboxylic acids is 1. The van der Waals surface area contributed by atoms with Crippen molar-refractivity contribution in [3.8, 4) is 6.07 Å². The van der Waals surface area contributed by atoms with Crippen molar-refractivity contribution in [2.24, 2.45) is 83.1 Å². The summed E-state index contributed by atoms with van der Waals surface area (Å²) in [6.07, 6.45) is 15.4. The third-order valence-corrected chi connectivity index (χ3v) is 17.2. The number of primary amides is 1. The van der Waals surface area contributed by atoms with E-state index in [1.807, 2.05) is 81.0 Å². The van der Waals surface area contributed by atoms with Crippen LogP contribution in [0.2, 0.25) is 0 Å². The highest BCUT2D eigenvalue weighted by atomic mass is 32.2. The number of aliphatic hydroxyl groups excluding tert-OH is 3. The SMILES string of the molecule is CC(C)(C)C(CO)CO.CC(C)(C)CCC#N.CC(C)(C)CCC(N)=O.CC(C)(C)CCOC(F)F.CC(C)(C)CCS(C)(=O)=O.CCC(C)C(C)(C)C.CCOCCC(C)(C)C.COC(CO)CC(C)(C)C.COCC(C)C(C)(C)C.CS(=O)CCC(C)(C)C.CSCCC(C)(C)C. The Kier molecular flexibility index (Phi) is 77.7. The summed E-state index contributed by atoms with van der Waals surface area (Å²) in [5, 5.41) is 34.3. The molecule has 610 valence electrons. The summed E-state index contributed by atoms with van der Waals surface area (Å²) in [5.74, 6) is 3.73. The van der Waals surface area contributed by atoms with Crippen LogP contribution in [0.15, 0.2) is 0 Å². The number of hydrogen-bond acceptors (Lipinski definition) is 13. The molecule has 0 aliphatic carbocycles. The molecule has 0 aromatic rings. The molecule has 0 saturated carbocycles. The first kappa shape index (κ1) is 122. The molecule has 99 heavy (non-hydrogen) atoms. The molecular weight excluding hydrogens is 1310 g/mol. The predicted molar refractivity (Wildman–Crippen MR) is 436 cm³/mol. The Balaban J connectivity index is -0.0000000957. The van der Waals surface area contributed by atoms with Crippen molar-refractivity contribution >= 4 is 38.3 Å². The number of ether oxygens (including phenoxy) is 4. The average molecular weight is 1490 g/mol. The highest BCUT2D eigenvalue weighted by Crippen LogP contribution is 2.29. The second-order valence-electron chi connectivity index (χ2n) is 39.2. The number of hydrogen-bond donors (Lipinski definition) is 4. The van der Waals surface area contributed by atoms with Crippen molar-refractivity contribution in [3.05, 3.63) is 0 Å². The highest BCUT2D eigenvalue weighted by Gasteiger charge is 2.23. The zero-order valence-corrected chi connectivity index (χ0v) is 76.3. The van der Waals surface area contributed by atoms with E-state index in [9.17, 15) is 26.2 Å². The maximum Gasteiger partial charge on any atom is 0.345 e. The van der Waals surface area contributed by atoms with E-state index in [1.54, 1.807) is 20.5 Å². The third kappa shape index (κ3) is 148. The van der Waals surface area contributed by atoms with E-state index in [1.165, 1.54) is 24.9 Å². The van der Waals surface area contributed by atoms with Crippen LogP contribution < -0.4 is 5.73 Å². The van der Waals surface area contributed by atoms with Crippen LogP contribution in [0.25, 0.3) is 0 Å². The number of nitrogens with two attached hydrogens (primary N) is 1. The van der Waals surface area contributed by atoms with Crippen molar-refractivity contribution in [3.63, 3.8) is 0 Å². The molecule has 0 aliphatic rings. The van der Waals surface area contributed by atoms with E-state index in [-0.39, 0.29) is 71.4 Å². The summed E-state index contributed by atoms with van der Waals surface area (Å²) >= 11 is 1.93. The Hall–Kier alpha value is -1.01. The van der Waals surface area contributed by atoms with Gasteiger partial charge in [-0.05, 0) is 142 Å². The van der Waals surface area contributed by atoms with E-state index < -0.39 is 27.2 Å². The molecule has 1 amide bonds. The van der Waals surface area contributed by atoms with Gasteiger partial charge in [0.05, 0.1) is 31.1 Å². The number of nitriles is 1. The summed E-state index contributed by atoms with van der Waals surface area (Å²) in [4.78, 5) is 10.3. The van der Waals surface area contributed by atoms with Gasteiger partial charge in [0.2, 0.25) is 5.91 Å². The number of rotatable bonds is 23. The second kappa shape index (κ2) is 63.1. The minimum absolute atomic E-state index is 0.000000000000000444. The van der Waals surface area contributed by atoms with Crippen molar-refractivity contribution in [1.82, 2.24) is 0 Å². The monoisotopic (exact) mass is 1490 g/mol. The third-order valence-electron chi connectivity index (χ3n) is 14.9. The fraction of sp³-hybridized carbons (Fsp3) is 0.975. The number of halogens is 2.